The lowest BCUT2D eigenvalue weighted by Gasteiger charge is -2.16. The van der Waals surface area contributed by atoms with E-state index in [0.29, 0.717) is 35.5 Å². The van der Waals surface area contributed by atoms with E-state index < -0.39 is 12.0 Å². The Hall–Kier alpha value is -3.85. The van der Waals surface area contributed by atoms with Crippen molar-refractivity contribution in [2.24, 2.45) is 5.73 Å². The molecule has 0 spiro atoms. The molecule has 3 aromatic rings. The standard InChI is InChI=1S/C24H27N5O4/c1-33-19-8-3-2-5-16(19)24(32)27-13-14-9-11-15(12-10-14)21-20(23(26)31)22(25)29(28-21)17-6-4-7-18(17)30/h2-3,5,8-12,17-18,30H,4,6-7,13,25H2,1H3,(H2,26,31)(H,27,32). The molecule has 0 radical (unpaired) electrons. The molecule has 2 atom stereocenters. The maximum Gasteiger partial charge on any atom is 0.255 e. The molecule has 1 aliphatic carbocycles. The van der Waals surface area contributed by atoms with Gasteiger partial charge in [0.05, 0.1) is 24.8 Å². The molecule has 1 aliphatic rings. The van der Waals surface area contributed by atoms with E-state index in [1.54, 1.807) is 36.4 Å². The second-order valence-corrected chi connectivity index (χ2v) is 8.06. The van der Waals surface area contributed by atoms with Crippen LogP contribution in [0.2, 0.25) is 0 Å². The highest BCUT2D eigenvalue weighted by Crippen LogP contribution is 2.35. The Morgan fingerprint density at radius 2 is 1.91 bits per heavy atom. The van der Waals surface area contributed by atoms with Crippen molar-refractivity contribution in [3.8, 4) is 17.0 Å². The largest absolute Gasteiger partial charge is 0.496 e. The van der Waals surface area contributed by atoms with E-state index in [2.05, 4.69) is 10.4 Å². The summed E-state index contributed by atoms with van der Waals surface area (Å²) in [6.07, 6.45) is 1.70. The average molecular weight is 450 g/mol. The summed E-state index contributed by atoms with van der Waals surface area (Å²) in [7, 11) is 1.52. The summed E-state index contributed by atoms with van der Waals surface area (Å²) in [4.78, 5) is 24.6. The topological polar surface area (TPSA) is 145 Å². The molecular formula is C24H27N5O4. The molecular weight excluding hydrogens is 422 g/mol. The average Bonchev–Trinajstić information content (AvgIpc) is 3.40. The number of ether oxygens (including phenoxy) is 1. The Labute approximate surface area is 191 Å². The van der Waals surface area contributed by atoms with Crippen LogP contribution in [0.1, 0.15) is 51.6 Å². The number of hydrogen-bond acceptors (Lipinski definition) is 6. The van der Waals surface area contributed by atoms with Crippen molar-refractivity contribution in [1.82, 2.24) is 15.1 Å². The number of methoxy groups -OCH3 is 1. The summed E-state index contributed by atoms with van der Waals surface area (Å²) >= 11 is 0. The molecule has 1 fully saturated rings. The molecule has 0 bridgehead atoms. The maximum absolute atomic E-state index is 12.5. The number of aliphatic hydroxyl groups excluding tert-OH is 1. The van der Waals surface area contributed by atoms with E-state index in [9.17, 15) is 14.7 Å². The Balaban J connectivity index is 1.53. The van der Waals surface area contributed by atoms with Gasteiger partial charge in [-0.1, -0.05) is 36.4 Å². The fourth-order valence-corrected chi connectivity index (χ4v) is 4.24. The highest BCUT2D eigenvalue weighted by atomic mass is 16.5. The van der Waals surface area contributed by atoms with Gasteiger partial charge in [-0.3, -0.25) is 9.59 Å². The number of carbonyl (C=O) groups is 2. The molecule has 9 nitrogen and oxygen atoms in total. The third kappa shape index (κ3) is 4.40. The second-order valence-electron chi connectivity index (χ2n) is 8.06. The molecule has 2 amide bonds. The number of rotatable bonds is 7. The molecule has 1 aromatic heterocycles. The SMILES string of the molecule is COc1ccccc1C(=O)NCc1ccc(-c2nn(C3CCCC3O)c(N)c2C(N)=O)cc1. The molecule has 33 heavy (non-hydrogen) atoms. The van der Waals surface area contributed by atoms with Crippen LogP contribution < -0.4 is 21.5 Å². The molecule has 9 heteroatoms. The zero-order valence-electron chi connectivity index (χ0n) is 18.3. The number of primary amides is 1. The van der Waals surface area contributed by atoms with Gasteiger partial charge in [-0.25, -0.2) is 4.68 Å². The number of aliphatic hydroxyl groups is 1. The molecule has 172 valence electrons. The number of nitrogens with one attached hydrogen (secondary N) is 1. The van der Waals surface area contributed by atoms with Crippen molar-refractivity contribution >= 4 is 17.6 Å². The summed E-state index contributed by atoms with van der Waals surface area (Å²) in [5.74, 6) is -0.245. The third-order valence-electron chi connectivity index (χ3n) is 5.98. The van der Waals surface area contributed by atoms with E-state index in [1.807, 2.05) is 12.1 Å². The highest BCUT2D eigenvalue weighted by Gasteiger charge is 2.32. The maximum atomic E-state index is 12.5. The monoisotopic (exact) mass is 449 g/mol. The Morgan fingerprint density at radius 1 is 1.18 bits per heavy atom. The number of hydrogen-bond donors (Lipinski definition) is 4. The minimum Gasteiger partial charge on any atom is -0.496 e. The van der Waals surface area contributed by atoms with Crippen molar-refractivity contribution in [3.63, 3.8) is 0 Å². The second kappa shape index (κ2) is 9.33. The first-order valence-electron chi connectivity index (χ1n) is 10.8. The fraction of sp³-hybridized carbons (Fsp3) is 0.292. The van der Waals surface area contributed by atoms with Gasteiger partial charge < -0.3 is 26.6 Å². The lowest BCUT2D eigenvalue weighted by molar-refractivity contribution is 0.0946. The van der Waals surface area contributed by atoms with E-state index in [0.717, 1.165) is 18.4 Å². The van der Waals surface area contributed by atoms with E-state index in [4.69, 9.17) is 16.2 Å². The summed E-state index contributed by atoms with van der Waals surface area (Å²) in [5, 5.41) is 17.7. The molecule has 1 saturated carbocycles. The van der Waals surface area contributed by atoms with Crippen LogP contribution in [0.3, 0.4) is 0 Å². The Morgan fingerprint density at radius 3 is 2.55 bits per heavy atom. The fourth-order valence-electron chi connectivity index (χ4n) is 4.24. The van der Waals surface area contributed by atoms with Crippen molar-refractivity contribution in [2.45, 2.75) is 38.0 Å². The van der Waals surface area contributed by atoms with E-state index >= 15 is 0 Å². The first-order valence-corrected chi connectivity index (χ1v) is 10.8. The van der Waals surface area contributed by atoms with Gasteiger partial charge in [0.1, 0.15) is 22.8 Å². The number of nitrogen functional groups attached to an aromatic ring is 1. The van der Waals surface area contributed by atoms with Crippen molar-refractivity contribution in [2.75, 3.05) is 12.8 Å². The predicted molar refractivity (Wildman–Crippen MR) is 124 cm³/mol. The molecule has 6 N–H and O–H groups in total. The molecule has 2 unspecified atom stereocenters. The van der Waals surface area contributed by atoms with Gasteiger partial charge in [-0.15, -0.1) is 0 Å². The summed E-state index contributed by atoms with van der Waals surface area (Å²) in [6.45, 7) is 0.310. The molecule has 1 heterocycles. The number of amides is 2. The van der Waals surface area contributed by atoms with Gasteiger partial charge >= 0.3 is 0 Å². The normalized spacial score (nSPS) is 17.6. The van der Waals surface area contributed by atoms with Crippen LogP contribution in [0.4, 0.5) is 5.82 Å². The summed E-state index contributed by atoms with van der Waals surface area (Å²) in [6, 6.07) is 14.0. The van der Waals surface area contributed by atoms with Crippen LogP contribution in [0.25, 0.3) is 11.3 Å². The van der Waals surface area contributed by atoms with Crippen molar-refractivity contribution in [1.29, 1.82) is 0 Å². The van der Waals surface area contributed by atoms with Gasteiger partial charge in [0.2, 0.25) is 0 Å². The van der Waals surface area contributed by atoms with Gasteiger partial charge in [-0.2, -0.15) is 5.10 Å². The minimum absolute atomic E-state index is 0.145. The molecule has 0 saturated heterocycles. The van der Waals surface area contributed by atoms with Crippen molar-refractivity contribution in [3.05, 3.63) is 65.2 Å². The van der Waals surface area contributed by atoms with Crippen LogP contribution in [0, 0.1) is 0 Å². The van der Waals surface area contributed by atoms with Crippen LogP contribution in [-0.4, -0.2) is 39.9 Å². The Bertz CT molecular complexity index is 1170. The molecule has 0 aliphatic heterocycles. The summed E-state index contributed by atoms with van der Waals surface area (Å²) < 4.78 is 6.76. The molecule has 2 aromatic carbocycles. The van der Waals surface area contributed by atoms with E-state index in [-0.39, 0.29) is 23.3 Å². The van der Waals surface area contributed by atoms with Gasteiger partial charge in [0.25, 0.3) is 11.8 Å². The first kappa shape index (κ1) is 22.3. The van der Waals surface area contributed by atoms with Gasteiger partial charge in [-0.05, 0) is 37.0 Å². The number of nitrogens with zero attached hydrogens (tertiary/aromatic N) is 2. The van der Waals surface area contributed by atoms with Crippen LogP contribution in [-0.2, 0) is 6.54 Å². The van der Waals surface area contributed by atoms with Crippen LogP contribution >= 0.6 is 0 Å². The number of para-hydroxylation sites is 1. The van der Waals surface area contributed by atoms with Gasteiger partial charge in [0.15, 0.2) is 0 Å². The number of aromatic nitrogens is 2. The van der Waals surface area contributed by atoms with Crippen LogP contribution in [0.5, 0.6) is 5.75 Å². The van der Waals surface area contributed by atoms with Crippen molar-refractivity contribution < 1.29 is 19.4 Å². The van der Waals surface area contributed by atoms with Gasteiger partial charge in [0, 0.05) is 12.1 Å². The highest BCUT2D eigenvalue weighted by molar-refractivity contribution is 6.03. The third-order valence-corrected chi connectivity index (χ3v) is 5.98. The number of anilines is 1. The smallest absolute Gasteiger partial charge is 0.255 e. The van der Waals surface area contributed by atoms with Crippen LogP contribution in [0.15, 0.2) is 48.5 Å². The minimum atomic E-state index is -0.672. The quantitative estimate of drug-likeness (QED) is 0.435. The zero-order chi connectivity index (χ0) is 23.5. The zero-order valence-corrected chi connectivity index (χ0v) is 18.3. The predicted octanol–water partition coefficient (Wildman–Crippen LogP) is 2.26. The first-order chi connectivity index (χ1) is 15.9. The Kier molecular flexibility index (Phi) is 6.32. The number of carbonyl (C=O) groups excluding carboxylic acids is 2. The lowest BCUT2D eigenvalue weighted by Crippen LogP contribution is -2.23. The lowest BCUT2D eigenvalue weighted by atomic mass is 10.0. The summed E-state index contributed by atoms with van der Waals surface area (Å²) in [5.41, 5.74) is 14.3. The number of benzene rings is 2. The number of nitrogens with two attached hydrogens (primary N) is 2. The van der Waals surface area contributed by atoms with E-state index in [1.165, 1.54) is 11.8 Å². The molecule has 4 rings (SSSR count).